The summed E-state index contributed by atoms with van der Waals surface area (Å²) in [6.45, 7) is 3.10. The van der Waals surface area contributed by atoms with Crippen molar-refractivity contribution >= 4 is 24.0 Å². The van der Waals surface area contributed by atoms with Crippen LogP contribution in [0, 0.1) is 0 Å². The Bertz CT molecular complexity index is 401. The van der Waals surface area contributed by atoms with Crippen molar-refractivity contribution in [3.63, 3.8) is 0 Å². The molecule has 1 aromatic carbocycles. The number of rotatable bonds is 5. The van der Waals surface area contributed by atoms with E-state index in [1.54, 1.807) is 7.11 Å². The summed E-state index contributed by atoms with van der Waals surface area (Å²) in [5.41, 5.74) is 1.15. The van der Waals surface area contributed by atoms with E-state index in [4.69, 9.17) is 16.3 Å². The number of nitrogens with zero attached hydrogens (tertiary/aromatic N) is 1. The highest BCUT2D eigenvalue weighted by molar-refractivity contribution is 6.31. The molecule has 108 valence electrons. The third-order valence-electron chi connectivity index (χ3n) is 3.57. The molecule has 1 unspecified atom stereocenters. The molecular weight excluding hydrogens is 283 g/mol. The molecule has 2 rings (SSSR count). The Morgan fingerprint density at radius 1 is 1.47 bits per heavy atom. The molecule has 0 radical (unpaired) electrons. The zero-order chi connectivity index (χ0) is 13.0. The number of likely N-dealkylation sites (tertiary alicyclic amines) is 1. The normalized spacial score (nSPS) is 19.2. The van der Waals surface area contributed by atoms with Crippen LogP contribution in [-0.2, 0) is 6.54 Å². The van der Waals surface area contributed by atoms with Crippen LogP contribution in [0.4, 0.5) is 0 Å². The van der Waals surface area contributed by atoms with Gasteiger partial charge < -0.3 is 10.1 Å². The smallest absolute Gasteiger partial charge is 0.119 e. The summed E-state index contributed by atoms with van der Waals surface area (Å²) in [5.74, 6) is 0.874. The zero-order valence-corrected chi connectivity index (χ0v) is 13.1. The zero-order valence-electron chi connectivity index (χ0n) is 11.5. The van der Waals surface area contributed by atoms with Crippen molar-refractivity contribution in [3.05, 3.63) is 28.8 Å². The summed E-state index contributed by atoms with van der Waals surface area (Å²) in [6, 6.07) is 6.48. The van der Waals surface area contributed by atoms with E-state index < -0.39 is 0 Å². The van der Waals surface area contributed by atoms with Gasteiger partial charge in [-0.1, -0.05) is 11.6 Å². The van der Waals surface area contributed by atoms with Crippen molar-refractivity contribution in [1.29, 1.82) is 0 Å². The molecule has 0 saturated carbocycles. The lowest BCUT2D eigenvalue weighted by atomic mass is 10.1. The Morgan fingerprint density at radius 3 is 2.95 bits per heavy atom. The number of hydrogen-bond donors (Lipinski definition) is 1. The summed E-state index contributed by atoms with van der Waals surface area (Å²) < 4.78 is 5.26. The van der Waals surface area contributed by atoms with Crippen LogP contribution in [0.1, 0.15) is 18.4 Å². The number of halogens is 2. The van der Waals surface area contributed by atoms with Crippen molar-refractivity contribution < 1.29 is 4.74 Å². The minimum Gasteiger partial charge on any atom is -0.497 e. The highest BCUT2D eigenvalue weighted by Gasteiger charge is 2.24. The first-order valence-electron chi connectivity index (χ1n) is 6.45. The van der Waals surface area contributed by atoms with Gasteiger partial charge in [-0.25, -0.2) is 0 Å². The molecule has 0 aromatic heterocycles. The van der Waals surface area contributed by atoms with E-state index in [9.17, 15) is 0 Å². The fraction of sp³-hybridized carbons (Fsp3) is 0.571. The van der Waals surface area contributed by atoms with Crippen LogP contribution in [0.15, 0.2) is 18.2 Å². The van der Waals surface area contributed by atoms with Crippen LogP contribution < -0.4 is 10.1 Å². The molecule has 1 aliphatic heterocycles. The van der Waals surface area contributed by atoms with E-state index in [-0.39, 0.29) is 12.4 Å². The average Bonchev–Trinajstić information content (AvgIpc) is 2.80. The van der Waals surface area contributed by atoms with Gasteiger partial charge in [0.05, 0.1) is 7.11 Å². The van der Waals surface area contributed by atoms with Gasteiger partial charge in [0.2, 0.25) is 0 Å². The standard InChI is InChI=1S/C14H21ClN2O.ClH/c1-16-9-12-4-3-7-17(12)10-11-8-13(18-2)5-6-14(11)15;/h5-6,8,12,16H,3-4,7,9-10H2,1-2H3;1H. The second kappa shape index (κ2) is 7.95. The Kier molecular flexibility index (Phi) is 6.94. The summed E-state index contributed by atoms with van der Waals surface area (Å²) in [6.07, 6.45) is 2.54. The topological polar surface area (TPSA) is 24.5 Å². The monoisotopic (exact) mass is 304 g/mol. The molecular formula is C14H22Cl2N2O. The second-order valence-corrected chi connectivity index (χ2v) is 5.19. The molecule has 0 aliphatic carbocycles. The van der Waals surface area contributed by atoms with Gasteiger partial charge in [0.15, 0.2) is 0 Å². The predicted octanol–water partition coefficient (Wildman–Crippen LogP) is 2.95. The molecule has 1 saturated heterocycles. The number of likely N-dealkylation sites (N-methyl/N-ethyl adjacent to an activating group) is 1. The molecule has 5 heteroatoms. The predicted molar refractivity (Wildman–Crippen MR) is 82.6 cm³/mol. The van der Waals surface area contributed by atoms with Crippen molar-refractivity contribution in [2.75, 3.05) is 27.2 Å². The largest absolute Gasteiger partial charge is 0.497 e. The first-order chi connectivity index (χ1) is 8.74. The van der Waals surface area contributed by atoms with Crippen LogP contribution in [0.3, 0.4) is 0 Å². The Balaban J connectivity index is 0.00000180. The van der Waals surface area contributed by atoms with Crippen LogP contribution in [0.25, 0.3) is 0 Å². The Morgan fingerprint density at radius 2 is 2.26 bits per heavy atom. The van der Waals surface area contributed by atoms with E-state index in [2.05, 4.69) is 10.2 Å². The molecule has 19 heavy (non-hydrogen) atoms. The lowest BCUT2D eigenvalue weighted by molar-refractivity contribution is 0.242. The number of nitrogens with one attached hydrogen (secondary N) is 1. The van der Waals surface area contributed by atoms with Crippen LogP contribution >= 0.6 is 24.0 Å². The van der Waals surface area contributed by atoms with Crippen molar-refractivity contribution in [2.24, 2.45) is 0 Å². The summed E-state index contributed by atoms with van der Waals surface area (Å²) in [7, 11) is 3.70. The Hall–Kier alpha value is -0.480. The van der Waals surface area contributed by atoms with E-state index in [1.807, 2.05) is 25.2 Å². The lowest BCUT2D eigenvalue weighted by Crippen LogP contribution is -2.36. The van der Waals surface area contributed by atoms with E-state index in [1.165, 1.54) is 12.8 Å². The number of ether oxygens (including phenoxy) is 1. The van der Waals surface area contributed by atoms with Gasteiger partial charge in [-0.2, -0.15) is 0 Å². The number of benzene rings is 1. The molecule has 0 spiro atoms. The average molecular weight is 305 g/mol. The molecule has 1 N–H and O–H groups in total. The van der Waals surface area contributed by atoms with Crippen LogP contribution in [0.5, 0.6) is 5.75 Å². The second-order valence-electron chi connectivity index (χ2n) is 4.78. The summed E-state index contributed by atoms with van der Waals surface area (Å²) >= 11 is 6.26. The first kappa shape index (κ1) is 16.6. The maximum absolute atomic E-state index is 6.26. The highest BCUT2D eigenvalue weighted by atomic mass is 35.5. The van der Waals surface area contributed by atoms with E-state index >= 15 is 0 Å². The molecule has 3 nitrogen and oxygen atoms in total. The minimum absolute atomic E-state index is 0. The van der Waals surface area contributed by atoms with Gasteiger partial charge in [-0.05, 0) is 50.2 Å². The van der Waals surface area contributed by atoms with Crippen molar-refractivity contribution in [2.45, 2.75) is 25.4 Å². The highest BCUT2D eigenvalue weighted by Crippen LogP contribution is 2.26. The molecule has 1 aliphatic rings. The number of hydrogen-bond acceptors (Lipinski definition) is 3. The van der Waals surface area contributed by atoms with Crippen LogP contribution in [-0.4, -0.2) is 38.2 Å². The summed E-state index contributed by atoms with van der Waals surface area (Å²) in [4.78, 5) is 2.50. The van der Waals surface area contributed by atoms with Crippen molar-refractivity contribution in [3.8, 4) is 5.75 Å². The van der Waals surface area contributed by atoms with Gasteiger partial charge in [0.25, 0.3) is 0 Å². The third kappa shape index (κ3) is 4.25. The molecule has 1 heterocycles. The maximum atomic E-state index is 6.26. The van der Waals surface area contributed by atoms with Gasteiger partial charge in [-0.15, -0.1) is 12.4 Å². The SMILES string of the molecule is CNCC1CCCN1Cc1cc(OC)ccc1Cl.Cl. The van der Waals surface area contributed by atoms with Gasteiger partial charge >= 0.3 is 0 Å². The maximum Gasteiger partial charge on any atom is 0.119 e. The number of methoxy groups -OCH3 is 1. The molecule has 0 bridgehead atoms. The first-order valence-corrected chi connectivity index (χ1v) is 6.83. The van der Waals surface area contributed by atoms with Gasteiger partial charge in [0.1, 0.15) is 5.75 Å². The fourth-order valence-electron chi connectivity index (χ4n) is 2.59. The molecule has 1 fully saturated rings. The molecule has 1 aromatic rings. The lowest BCUT2D eigenvalue weighted by Gasteiger charge is -2.24. The van der Waals surface area contributed by atoms with Crippen molar-refractivity contribution in [1.82, 2.24) is 10.2 Å². The van der Waals surface area contributed by atoms with Crippen LogP contribution in [0.2, 0.25) is 5.02 Å². The fourth-order valence-corrected chi connectivity index (χ4v) is 2.77. The Labute approximate surface area is 126 Å². The van der Waals surface area contributed by atoms with E-state index in [0.717, 1.165) is 36.0 Å². The molecule has 0 amide bonds. The molecule has 1 atom stereocenters. The van der Waals surface area contributed by atoms with Gasteiger partial charge in [0, 0.05) is 24.2 Å². The quantitative estimate of drug-likeness (QED) is 0.905. The van der Waals surface area contributed by atoms with E-state index in [0.29, 0.717) is 6.04 Å². The third-order valence-corrected chi connectivity index (χ3v) is 3.93. The van der Waals surface area contributed by atoms with Gasteiger partial charge in [-0.3, -0.25) is 4.90 Å². The summed E-state index contributed by atoms with van der Waals surface area (Å²) in [5, 5.41) is 4.09. The minimum atomic E-state index is 0.